The van der Waals surface area contributed by atoms with Gasteiger partial charge in [-0.2, -0.15) is 0 Å². The molecule has 1 atom stereocenters. The molecule has 1 unspecified atom stereocenters. The number of nitrogens with one attached hydrogen (secondary N) is 1. The summed E-state index contributed by atoms with van der Waals surface area (Å²) in [6.07, 6.45) is 0.739. The second-order valence-electron chi connectivity index (χ2n) is 5.85. The van der Waals surface area contributed by atoms with Gasteiger partial charge in [-0.15, -0.1) is 0 Å². The van der Waals surface area contributed by atoms with Gasteiger partial charge in [0, 0.05) is 24.0 Å². The van der Waals surface area contributed by atoms with Gasteiger partial charge in [-0.1, -0.05) is 28.1 Å². The molecule has 0 radical (unpaired) electrons. The largest absolute Gasteiger partial charge is 0.464 e. The Bertz CT molecular complexity index is 561. The molecule has 2 heterocycles. The summed E-state index contributed by atoms with van der Waals surface area (Å²) in [4.78, 5) is 11.7. The molecule has 0 aromatic heterocycles. The van der Waals surface area contributed by atoms with E-state index < -0.39 is 5.60 Å². The zero-order valence-corrected chi connectivity index (χ0v) is 14.1. The lowest BCUT2D eigenvalue weighted by Crippen LogP contribution is -2.59. The summed E-state index contributed by atoms with van der Waals surface area (Å²) in [5.74, 6) is -0.343. The molecule has 2 saturated heterocycles. The Morgan fingerprint density at radius 1 is 1.45 bits per heavy atom. The van der Waals surface area contributed by atoms with E-state index in [9.17, 15) is 4.79 Å². The molecule has 1 aromatic rings. The minimum atomic E-state index is -0.599. The van der Waals surface area contributed by atoms with Crippen molar-refractivity contribution >= 4 is 21.9 Å². The first-order valence-corrected chi connectivity index (χ1v) is 8.27. The third-order valence-electron chi connectivity index (χ3n) is 4.24. The molecule has 0 saturated carbocycles. The van der Waals surface area contributed by atoms with Gasteiger partial charge in [0.25, 0.3) is 0 Å². The van der Waals surface area contributed by atoms with Crippen molar-refractivity contribution in [3.63, 3.8) is 0 Å². The second kappa shape index (κ2) is 6.28. The van der Waals surface area contributed by atoms with Gasteiger partial charge in [-0.05, 0) is 24.6 Å². The molecule has 1 aromatic carbocycles. The van der Waals surface area contributed by atoms with Gasteiger partial charge >= 0.3 is 5.97 Å². The summed E-state index contributed by atoms with van der Waals surface area (Å²) >= 11 is 3.50. The minimum Gasteiger partial charge on any atom is -0.464 e. The van der Waals surface area contributed by atoms with Crippen LogP contribution in [0, 0.1) is 0 Å². The van der Waals surface area contributed by atoms with Crippen LogP contribution < -0.4 is 5.32 Å². The third kappa shape index (κ3) is 3.06. The van der Waals surface area contributed by atoms with Crippen LogP contribution >= 0.6 is 15.9 Å². The van der Waals surface area contributed by atoms with E-state index in [2.05, 4.69) is 21.2 Å². The van der Waals surface area contributed by atoms with Crippen LogP contribution in [0.25, 0.3) is 0 Å². The monoisotopic (exact) mass is 369 g/mol. The molecule has 6 heteroatoms. The number of esters is 1. The van der Waals surface area contributed by atoms with Gasteiger partial charge in [-0.25, -0.2) is 4.79 Å². The highest BCUT2D eigenvalue weighted by Gasteiger charge is 2.54. The van der Waals surface area contributed by atoms with Crippen molar-refractivity contribution in [3.8, 4) is 0 Å². The van der Waals surface area contributed by atoms with Crippen LogP contribution in [-0.4, -0.2) is 44.5 Å². The molecular weight excluding hydrogens is 350 g/mol. The Morgan fingerprint density at radius 2 is 2.27 bits per heavy atom. The van der Waals surface area contributed by atoms with E-state index in [0.29, 0.717) is 13.2 Å². The summed E-state index contributed by atoms with van der Waals surface area (Å²) in [6.45, 7) is 4.18. The number of hydrogen-bond acceptors (Lipinski definition) is 5. The van der Waals surface area contributed by atoms with Crippen molar-refractivity contribution in [1.29, 1.82) is 0 Å². The van der Waals surface area contributed by atoms with E-state index >= 15 is 0 Å². The number of rotatable bonds is 5. The zero-order chi connectivity index (χ0) is 15.6. The van der Waals surface area contributed by atoms with Crippen molar-refractivity contribution in [2.24, 2.45) is 0 Å². The Hall–Kier alpha value is -0.950. The normalized spacial score (nSPS) is 25.9. The van der Waals surface area contributed by atoms with Crippen molar-refractivity contribution < 1.29 is 19.0 Å². The zero-order valence-electron chi connectivity index (χ0n) is 12.6. The molecule has 1 N–H and O–H groups in total. The Labute approximate surface area is 138 Å². The van der Waals surface area contributed by atoms with E-state index in [0.717, 1.165) is 29.5 Å². The molecule has 0 bridgehead atoms. The van der Waals surface area contributed by atoms with Gasteiger partial charge in [0.1, 0.15) is 12.2 Å². The number of carbonyl (C=O) groups is 1. The second-order valence-corrected chi connectivity index (χ2v) is 6.77. The average Bonchev–Trinajstić information content (AvgIpc) is 2.87. The summed E-state index contributed by atoms with van der Waals surface area (Å²) in [5.41, 5.74) is 0.255. The molecule has 2 aliphatic rings. The van der Waals surface area contributed by atoms with Gasteiger partial charge in [0.05, 0.1) is 18.8 Å². The predicted octanol–water partition coefficient (Wildman–Crippen LogP) is 1.99. The van der Waals surface area contributed by atoms with Crippen LogP contribution in [0.1, 0.15) is 18.9 Å². The first-order chi connectivity index (χ1) is 10.6. The fraction of sp³-hybridized carbons (Fsp3) is 0.562. The summed E-state index contributed by atoms with van der Waals surface area (Å²) in [7, 11) is 0. The van der Waals surface area contributed by atoms with Crippen molar-refractivity contribution in [2.45, 2.75) is 24.5 Å². The smallest absolute Gasteiger partial charge is 0.332 e. The standard InChI is InChI=1S/C16H20BrNO4/c1-2-20-14(19)7-21-16(12-4-3-5-13(17)6-12)8-15(22-11-16)9-18-10-15/h3-6,18H,2,7-11H2,1H3. The lowest BCUT2D eigenvalue weighted by Gasteiger charge is -2.39. The fourth-order valence-corrected chi connectivity index (χ4v) is 3.46. The fourth-order valence-electron chi connectivity index (χ4n) is 3.06. The van der Waals surface area contributed by atoms with Crippen LogP contribution in [0.15, 0.2) is 28.7 Å². The molecule has 5 nitrogen and oxygen atoms in total. The third-order valence-corrected chi connectivity index (χ3v) is 4.73. The topological polar surface area (TPSA) is 56.8 Å². The molecule has 0 amide bonds. The van der Waals surface area contributed by atoms with Crippen LogP contribution in [-0.2, 0) is 24.6 Å². The molecule has 0 aliphatic carbocycles. The Balaban J connectivity index is 1.81. The van der Waals surface area contributed by atoms with Gasteiger partial charge in [0.2, 0.25) is 0 Å². The lowest BCUT2D eigenvalue weighted by molar-refractivity contribution is -0.156. The Morgan fingerprint density at radius 3 is 2.86 bits per heavy atom. The van der Waals surface area contributed by atoms with E-state index in [1.165, 1.54) is 0 Å². The molecule has 2 aliphatic heterocycles. The lowest BCUT2D eigenvalue weighted by atomic mass is 9.82. The van der Waals surface area contributed by atoms with E-state index in [1.807, 2.05) is 24.3 Å². The van der Waals surface area contributed by atoms with Gasteiger partial charge in [0.15, 0.2) is 0 Å². The first kappa shape index (κ1) is 15.9. The van der Waals surface area contributed by atoms with Crippen LogP contribution in [0.5, 0.6) is 0 Å². The van der Waals surface area contributed by atoms with Crippen molar-refractivity contribution in [3.05, 3.63) is 34.3 Å². The molecule has 3 rings (SSSR count). The molecule has 120 valence electrons. The van der Waals surface area contributed by atoms with Crippen LogP contribution in [0.3, 0.4) is 0 Å². The minimum absolute atomic E-state index is 0.0623. The maximum atomic E-state index is 11.7. The number of hydrogen-bond donors (Lipinski definition) is 1. The van der Waals surface area contributed by atoms with Crippen LogP contribution in [0.4, 0.5) is 0 Å². The Kier molecular flexibility index (Phi) is 4.54. The highest BCUT2D eigenvalue weighted by molar-refractivity contribution is 9.10. The number of carbonyl (C=O) groups excluding carboxylic acids is 1. The van der Waals surface area contributed by atoms with E-state index in [4.69, 9.17) is 14.2 Å². The van der Waals surface area contributed by atoms with E-state index in [-0.39, 0.29) is 18.2 Å². The highest BCUT2D eigenvalue weighted by atomic mass is 79.9. The predicted molar refractivity (Wildman–Crippen MR) is 84.6 cm³/mol. The first-order valence-electron chi connectivity index (χ1n) is 7.48. The quantitative estimate of drug-likeness (QED) is 0.804. The summed E-state index contributed by atoms with van der Waals surface area (Å²) in [5, 5.41) is 3.25. The summed E-state index contributed by atoms with van der Waals surface area (Å²) in [6, 6.07) is 7.99. The average molecular weight is 370 g/mol. The molecular formula is C16H20BrNO4. The van der Waals surface area contributed by atoms with Gasteiger partial charge < -0.3 is 19.5 Å². The highest BCUT2D eigenvalue weighted by Crippen LogP contribution is 2.45. The molecule has 22 heavy (non-hydrogen) atoms. The van der Waals surface area contributed by atoms with Crippen molar-refractivity contribution in [2.75, 3.05) is 32.9 Å². The summed E-state index contributed by atoms with van der Waals surface area (Å²) < 4.78 is 18.0. The SMILES string of the molecule is CCOC(=O)COC1(c2cccc(Br)c2)COC2(CNC2)C1. The van der Waals surface area contributed by atoms with Gasteiger partial charge in [-0.3, -0.25) is 0 Å². The number of benzene rings is 1. The molecule has 1 spiro atoms. The maximum Gasteiger partial charge on any atom is 0.332 e. The number of ether oxygens (including phenoxy) is 3. The van der Waals surface area contributed by atoms with Crippen molar-refractivity contribution in [1.82, 2.24) is 5.32 Å². The molecule has 2 fully saturated rings. The number of halogens is 1. The van der Waals surface area contributed by atoms with Crippen LogP contribution in [0.2, 0.25) is 0 Å². The maximum absolute atomic E-state index is 11.7. The van der Waals surface area contributed by atoms with E-state index in [1.54, 1.807) is 6.92 Å².